The van der Waals surface area contributed by atoms with Crippen LogP contribution in [0.2, 0.25) is 0 Å². The SMILES string of the molecule is O=C(c1cccc(F)c1)N1CCC2(CC1)Nc1ccccc1C(=O)N2C1CCCC1. The molecular formula is C24H26FN3O2. The fraction of sp³-hybridized carbons (Fsp3) is 0.417. The van der Waals surface area contributed by atoms with Crippen LogP contribution >= 0.6 is 0 Å². The summed E-state index contributed by atoms with van der Waals surface area (Å²) in [5.41, 5.74) is 1.51. The number of piperidine rings is 1. The van der Waals surface area contributed by atoms with E-state index in [1.807, 2.05) is 24.3 Å². The third-order valence-corrected chi connectivity index (χ3v) is 6.84. The van der Waals surface area contributed by atoms with Crippen LogP contribution in [0.15, 0.2) is 48.5 Å². The number of halogens is 1. The van der Waals surface area contributed by atoms with Crippen molar-refractivity contribution in [2.45, 2.75) is 50.2 Å². The van der Waals surface area contributed by atoms with Gasteiger partial charge >= 0.3 is 0 Å². The Morgan fingerprint density at radius 1 is 1.03 bits per heavy atom. The molecule has 0 atom stereocenters. The van der Waals surface area contributed by atoms with Crippen molar-refractivity contribution in [2.75, 3.05) is 18.4 Å². The Kier molecular flexibility index (Phi) is 4.72. The normalized spacial score (nSPS) is 20.9. The van der Waals surface area contributed by atoms with Crippen LogP contribution in [0.1, 0.15) is 59.2 Å². The zero-order valence-corrected chi connectivity index (χ0v) is 16.9. The van der Waals surface area contributed by atoms with Crippen LogP contribution in [0.5, 0.6) is 0 Å². The Balaban J connectivity index is 1.42. The molecule has 2 amide bonds. The molecule has 1 aliphatic carbocycles. The molecule has 6 heteroatoms. The lowest BCUT2D eigenvalue weighted by molar-refractivity contribution is 0.0102. The minimum atomic E-state index is -0.473. The van der Waals surface area contributed by atoms with Gasteiger partial charge in [0.15, 0.2) is 0 Å². The van der Waals surface area contributed by atoms with Crippen LogP contribution in [0.3, 0.4) is 0 Å². The van der Waals surface area contributed by atoms with E-state index in [0.717, 1.165) is 36.9 Å². The van der Waals surface area contributed by atoms with Crippen molar-refractivity contribution >= 4 is 17.5 Å². The molecule has 3 aliphatic rings. The molecule has 30 heavy (non-hydrogen) atoms. The molecule has 156 valence electrons. The summed E-state index contributed by atoms with van der Waals surface area (Å²) in [5, 5.41) is 3.69. The van der Waals surface area contributed by atoms with E-state index in [0.29, 0.717) is 31.5 Å². The van der Waals surface area contributed by atoms with Gasteiger partial charge in [-0.1, -0.05) is 31.0 Å². The second-order valence-electron chi connectivity index (χ2n) is 8.62. The number of carbonyl (C=O) groups excluding carboxylic acids is 2. The van der Waals surface area contributed by atoms with Crippen LogP contribution in [0, 0.1) is 5.82 Å². The summed E-state index contributed by atoms with van der Waals surface area (Å²) in [5.74, 6) is -0.460. The smallest absolute Gasteiger partial charge is 0.258 e. The minimum absolute atomic E-state index is 0.0983. The Morgan fingerprint density at radius 2 is 1.77 bits per heavy atom. The van der Waals surface area contributed by atoms with Crippen LogP contribution in [0.25, 0.3) is 0 Å². The number of rotatable bonds is 2. The third-order valence-electron chi connectivity index (χ3n) is 6.84. The molecular weight excluding hydrogens is 381 g/mol. The average Bonchev–Trinajstić information content (AvgIpc) is 3.28. The van der Waals surface area contributed by atoms with Crippen LogP contribution in [0.4, 0.5) is 10.1 Å². The first-order valence-electron chi connectivity index (χ1n) is 10.8. The second kappa shape index (κ2) is 7.42. The van der Waals surface area contributed by atoms with Crippen LogP contribution in [-0.2, 0) is 0 Å². The van der Waals surface area contributed by atoms with Crippen molar-refractivity contribution in [3.8, 4) is 0 Å². The molecule has 1 saturated heterocycles. The van der Waals surface area contributed by atoms with Gasteiger partial charge in [-0.3, -0.25) is 9.59 Å². The fourth-order valence-corrected chi connectivity index (χ4v) is 5.34. The lowest BCUT2D eigenvalue weighted by Crippen LogP contribution is -2.66. The molecule has 5 rings (SSSR count). The number of hydrogen-bond donors (Lipinski definition) is 1. The Labute approximate surface area is 175 Å². The Morgan fingerprint density at radius 3 is 2.50 bits per heavy atom. The van der Waals surface area contributed by atoms with Crippen molar-refractivity contribution in [3.05, 3.63) is 65.5 Å². The minimum Gasteiger partial charge on any atom is -0.362 e. The summed E-state index contributed by atoms with van der Waals surface area (Å²) in [4.78, 5) is 30.3. The quantitative estimate of drug-likeness (QED) is 0.809. The summed E-state index contributed by atoms with van der Waals surface area (Å²) >= 11 is 0. The van der Waals surface area contributed by atoms with Crippen molar-refractivity contribution in [1.29, 1.82) is 0 Å². The van der Waals surface area contributed by atoms with Crippen LogP contribution < -0.4 is 5.32 Å². The van der Waals surface area contributed by atoms with Gasteiger partial charge in [-0.05, 0) is 43.2 Å². The molecule has 2 fully saturated rings. The zero-order valence-electron chi connectivity index (χ0n) is 16.9. The highest BCUT2D eigenvalue weighted by Crippen LogP contribution is 2.42. The molecule has 0 radical (unpaired) electrons. The van der Waals surface area contributed by atoms with E-state index >= 15 is 0 Å². The Bertz CT molecular complexity index is 978. The molecule has 2 aromatic carbocycles. The fourth-order valence-electron chi connectivity index (χ4n) is 5.34. The van der Waals surface area contributed by atoms with Gasteiger partial charge in [0.05, 0.1) is 5.56 Å². The maximum absolute atomic E-state index is 13.6. The number of nitrogens with zero attached hydrogens (tertiary/aromatic N) is 2. The molecule has 1 N–H and O–H groups in total. The van der Waals surface area contributed by atoms with E-state index in [1.165, 1.54) is 12.1 Å². The highest BCUT2D eigenvalue weighted by Gasteiger charge is 2.49. The molecule has 0 aromatic heterocycles. The van der Waals surface area contributed by atoms with Crippen molar-refractivity contribution in [1.82, 2.24) is 9.80 Å². The predicted octanol–water partition coefficient (Wildman–Crippen LogP) is 4.27. The van der Waals surface area contributed by atoms with E-state index in [-0.39, 0.29) is 17.9 Å². The summed E-state index contributed by atoms with van der Waals surface area (Å²) < 4.78 is 13.6. The molecule has 1 spiro atoms. The number of anilines is 1. The van der Waals surface area contributed by atoms with E-state index in [2.05, 4.69) is 10.2 Å². The van der Waals surface area contributed by atoms with Crippen molar-refractivity contribution in [3.63, 3.8) is 0 Å². The lowest BCUT2D eigenvalue weighted by Gasteiger charge is -2.54. The first kappa shape index (κ1) is 19.1. The molecule has 0 unspecified atom stereocenters. The van der Waals surface area contributed by atoms with Gasteiger partial charge in [0.25, 0.3) is 11.8 Å². The summed E-state index contributed by atoms with van der Waals surface area (Å²) in [6.45, 7) is 1.06. The molecule has 5 nitrogen and oxygen atoms in total. The first-order chi connectivity index (χ1) is 14.6. The molecule has 1 saturated carbocycles. The maximum Gasteiger partial charge on any atom is 0.258 e. The number of carbonyl (C=O) groups is 2. The van der Waals surface area contributed by atoms with Gasteiger partial charge in [0, 0.05) is 43.2 Å². The Hall–Kier alpha value is -2.89. The van der Waals surface area contributed by atoms with E-state index in [1.54, 1.807) is 17.0 Å². The number of fused-ring (bicyclic) bond motifs is 1. The zero-order chi connectivity index (χ0) is 20.7. The highest BCUT2D eigenvalue weighted by molar-refractivity contribution is 6.02. The predicted molar refractivity (Wildman–Crippen MR) is 113 cm³/mol. The maximum atomic E-state index is 13.6. The number of benzene rings is 2. The largest absolute Gasteiger partial charge is 0.362 e. The molecule has 2 aromatic rings. The summed E-state index contributed by atoms with van der Waals surface area (Å²) in [7, 11) is 0. The van der Waals surface area contributed by atoms with Crippen molar-refractivity contribution in [2.24, 2.45) is 0 Å². The highest BCUT2D eigenvalue weighted by atomic mass is 19.1. The second-order valence-corrected chi connectivity index (χ2v) is 8.62. The lowest BCUT2D eigenvalue weighted by atomic mass is 9.88. The standard InChI is InChI=1S/C24H26FN3O2/c25-18-7-5-6-17(16-18)22(29)27-14-12-24(13-15-27)26-21-11-4-3-10-20(21)23(30)28(24)19-8-1-2-9-19/h3-7,10-11,16,19,26H,1-2,8-9,12-15H2. The van der Waals surface area contributed by atoms with Gasteiger partial charge in [-0.2, -0.15) is 0 Å². The molecule has 2 heterocycles. The van der Waals surface area contributed by atoms with E-state index < -0.39 is 11.5 Å². The van der Waals surface area contributed by atoms with Gasteiger partial charge in [-0.15, -0.1) is 0 Å². The number of likely N-dealkylation sites (tertiary alicyclic amines) is 1. The average molecular weight is 407 g/mol. The summed E-state index contributed by atoms with van der Waals surface area (Å²) in [6.07, 6.45) is 5.68. The monoisotopic (exact) mass is 407 g/mol. The third kappa shape index (κ3) is 3.15. The number of nitrogens with one attached hydrogen (secondary N) is 1. The van der Waals surface area contributed by atoms with Crippen molar-refractivity contribution < 1.29 is 14.0 Å². The number of amides is 2. The van der Waals surface area contributed by atoms with Crippen LogP contribution in [-0.4, -0.2) is 46.4 Å². The van der Waals surface area contributed by atoms with Gasteiger partial charge < -0.3 is 15.1 Å². The van der Waals surface area contributed by atoms with Gasteiger partial charge in [0.2, 0.25) is 0 Å². The van der Waals surface area contributed by atoms with Gasteiger partial charge in [0.1, 0.15) is 11.5 Å². The number of hydrogen-bond acceptors (Lipinski definition) is 3. The first-order valence-corrected chi connectivity index (χ1v) is 10.8. The van der Waals surface area contributed by atoms with E-state index in [4.69, 9.17) is 0 Å². The number of para-hydroxylation sites is 1. The van der Waals surface area contributed by atoms with E-state index in [9.17, 15) is 14.0 Å². The van der Waals surface area contributed by atoms with Gasteiger partial charge in [-0.25, -0.2) is 4.39 Å². The molecule has 2 aliphatic heterocycles. The molecule has 0 bridgehead atoms. The summed E-state index contributed by atoms with van der Waals surface area (Å²) in [6, 6.07) is 13.8. The topological polar surface area (TPSA) is 52.7 Å².